The summed E-state index contributed by atoms with van der Waals surface area (Å²) in [5.41, 5.74) is 1.67. The molecule has 2 atom stereocenters. The number of rotatable bonds is 9. The van der Waals surface area contributed by atoms with Gasteiger partial charge in [-0.05, 0) is 43.4 Å². The van der Waals surface area contributed by atoms with Gasteiger partial charge in [0.05, 0.1) is 22.9 Å². The zero-order valence-electron chi connectivity index (χ0n) is 19.9. The number of aromatic nitrogens is 2. The summed E-state index contributed by atoms with van der Waals surface area (Å²) in [6.45, 7) is 11.5. The molecule has 0 N–H and O–H groups in total. The summed E-state index contributed by atoms with van der Waals surface area (Å²) in [6, 6.07) is 17.1. The van der Waals surface area contributed by atoms with Gasteiger partial charge >= 0.3 is 0 Å². The van der Waals surface area contributed by atoms with Gasteiger partial charge in [-0.3, -0.25) is 14.2 Å². The molecule has 1 heterocycles. The number of carbonyl (C=O) groups excluding carboxylic acids is 1. The number of para-hydroxylation sites is 1. The molecule has 5 nitrogen and oxygen atoms in total. The zero-order chi connectivity index (χ0) is 23.3. The summed E-state index contributed by atoms with van der Waals surface area (Å²) in [6.07, 6.45) is 1.54. The van der Waals surface area contributed by atoms with Crippen LogP contribution in [-0.2, 0) is 11.3 Å². The van der Waals surface area contributed by atoms with Gasteiger partial charge in [0.25, 0.3) is 5.56 Å². The highest BCUT2D eigenvalue weighted by Crippen LogP contribution is 2.28. The fraction of sp³-hybridized carbons (Fsp3) is 0.444. The zero-order valence-corrected chi connectivity index (χ0v) is 19.9. The van der Waals surface area contributed by atoms with Crippen molar-refractivity contribution in [3.8, 4) is 0 Å². The Balaban J connectivity index is 2.10. The Hall–Kier alpha value is -2.95. The van der Waals surface area contributed by atoms with Gasteiger partial charge in [0.2, 0.25) is 5.91 Å². The molecular formula is C27H35N3O2. The van der Waals surface area contributed by atoms with E-state index in [1.807, 2.05) is 66.4 Å². The molecule has 3 aromatic rings. The molecule has 0 saturated heterocycles. The first-order valence-electron chi connectivity index (χ1n) is 11.7. The summed E-state index contributed by atoms with van der Waals surface area (Å²) in [7, 11) is 0. The molecule has 2 aromatic carbocycles. The van der Waals surface area contributed by atoms with Crippen LogP contribution in [0.1, 0.15) is 70.8 Å². The SMILES string of the molecule is CCCn1c(C(C)N(CC(C)C)C(=O)C(CC)c2ccccc2)nc2ccccc2c1=O. The predicted molar refractivity (Wildman–Crippen MR) is 131 cm³/mol. The molecule has 32 heavy (non-hydrogen) atoms. The molecule has 5 heteroatoms. The van der Waals surface area contributed by atoms with Crippen molar-refractivity contribution >= 4 is 16.8 Å². The molecule has 0 fully saturated rings. The Labute approximate surface area is 191 Å². The van der Waals surface area contributed by atoms with Gasteiger partial charge in [-0.25, -0.2) is 4.98 Å². The van der Waals surface area contributed by atoms with Crippen LogP contribution in [0.3, 0.4) is 0 Å². The van der Waals surface area contributed by atoms with Crippen molar-refractivity contribution in [3.63, 3.8) is 0 Å². The van der Waals surface area contributed by atoms with E-state index in [1.54, 1.807) is 4.57 Å². The van der Waals surface area contributed by atoms with E-state index in [2.05, 4.69) is 27.7 Å². The molecule has 1 amide bonds. The van der Waals surface area contributed by atoms with Gasteiger partial charge in [-0.2, -0.15) is 0 Å². The molecular weight excluding hydrogens is 398 g/mol. The second kappa shape index (κ2) is 10.6. The van der Waals surface area contributed by atoms with Crippen molar-refractivity contribution in [2.45, 2.75) is 66.0 Å². The summed E-state index contributed by atoms with van der Waals surface area (Å²) >= 11 is 0. The number of nitrogens with zero attached hydrogens (tertiary/aromatic N) is 3. The van der Waals surface area contributed by atoms with E-state index >= 15 is 0 Å². The molecule has 3 rings (SSSR count). The minimum Gasteiger partial charge on any atom is -0.332 e. The minimum atomic E-state index is -0.313. The molecule has 0 saturated carbocycles. The number of hydrogen-bond acceptors (Lipinski definition) is 3. The van der Waals surface area contributed by atoms with Crippen LogP contribution in [0.2, 0.25) is 0 Å². The molecule has 1 aromatic heterocycles. The molecule has 0 aliphatic carbocycles. The molecule has 170 valence electrons. The van der Waals surface area contributed by atoms with Crippen molar-refractivity contribution in [2.24, 2.45) is 5.92 Å². The Kier molecular flexibility index (Phi) is 7.84. The fourth-order valence-electron chi connectivity index (χ4n) is 4.35. The van der Waals surface area contributed by atoms with Gasteiger partial charge in [-0.1, -0.05) is 70.2 Å². The molecule has 0 radical (unpaired) electrons. The van der Waals surface area contributed by atoms with Gasteiger partial charge in [0.15, 0.2) is 0 Å². The first-order chi connectivity index (χ1) is 15.4. The highest BCUT2D eigenvalue weighted by Gasteiger charge is 2.31. The van der Waals surface area contributed by atoms with Crippen LogP contribution in [0.15, 0.2) is 59.4 Å². The van der Waals surface area contributed by atoms with Crippen molar-refractivity contribution < 1.29 is 4.79 Å². The third kappa shape index (κ3) is 4.93. The predicted octanol–water partition coefficient (Wildman–Crippen LogP) is 5.55. The quantitative estimate of drug-likeness (QED) is 0.445. The van der Waals surface area contributed by atoms with Gasteiger partial charge < -0.3 is 4.90 Å². The summed E-state index contributed by atoms with van der Waals surface area (Å²) in [5.74, 6) is 0.823. The van der Waals surface area contributed by atoms with Crippen LogP contribution in [0.4, 0.5) is 0 Å². The number of hydrogen-bond donors (Lipinski definition) is 0. The molecule has 0 aliphatic rings. The highest BCUT2D eigenvalue weighted by atomic mass is 16.2. The molecule has 0 aliphatic heterocycles. The van der Waals surface area contributed by atoms with Crippen LogP contribution < -0.4 is 5.56 Å². The summed E-state index contributed by atoms with van der Waals surface area (Å²) in [4.78, 5) is 34.0. The fourth-order valence-corrected chi connectivity index (χ4v) is 4.35. The van der Waals surface area contributed by atoms with Crippen LogP contribution >= 0.6 is 0 Å². The third-order valence-corrected chi connectivity index (χ3v) is 5.93. The Morgan fingerprint density at radius 2 is 1.66 bits per heavy atom. The number of carbonyl (C=O) groups is 1. The average Bonchev–Trinajstić information content (AvgIpc) is 2.80. The lowest BCUT2D eigenvalue weighted by molar-refractivity contribution is -0.136. The second-order valence-electron chi connectivity index (χ2n) is 8.88. The Morgan fingerprint density at radius 1 is 1.00 bits per heavy atom. The number of fused-ring (bicyclic) bond motifs is 1. The summed E-state index contributed by atoms with van der Waals surface area (Å²) < 4.78 is 1.76. The van der Waals surface area contributed by atoms with E-state index < -0.39 is 0 Å². The van der Waals surface area contributed by atoms with E-state index in [0.29, 0.717) is 35.7 Å². The van der Waals surface area contributed by atoms with E-state index in [9.17, 15) is 9.59 Å². The van der Waals surface area contributed by atoms with Gasteiger partial charge in [-0.15, -0.1) is 0 Å². The number of benzene rings is 2. The van der Waals surface area contributed by atoms with Crippen LogP contribution in [0.5, 0.6) is 0 Å². The monoisotopic (exact) mass is 433 g/mol. The first kappa shape index (κ1) is 23.7. The second-order valence-corrected chi connectivity index (χ2v) is 8.88. The maximum atomic E-state index is 13.9. The molecule has 0 spiro atoms. The minimum absolute atomic E-state index is 0.0358. The van der Waals surface area contributed by atoms with Crippen LogP contribution in [0.25, 0.3) is 10.9 Å². The maximum Gasteiger partial charge on any atom is 0.261 e. The first-order valence-corrected chi connectivity index (χ1v) is 11.7. The third-order valence-electron chi connectivity index (χ3n) is 5.93. The van der Waals surface area contributed by atoms with Crippen LogP contribution in [0, 0.1) is 5.92 Å². The average molecular weight is 434 g/mol. The molecule has 0 bridgehead atoms. The smallest absolute Gasteiger partial charge is 0.261 e. The van der Waals surface area contributed by atoms with E-state index in [4.69, 9.17) is 4.98 Å². The normalized spacial score (nSPS) is 13.3. The van der Waals surface area contributed by atoms with Gasteiger partial charge in [0, 0.05) is 13.1 Å². The van der Waals surface area contributed by atoms with E-state index in [0.717, 1.165) is 18.4 Å². The maximum absolute atomic E-state index is 13.9. The van der Waals surface area contributed by atoms with Crippen LogP contribution in [-0.4, -0.2) is 26.9 Å². The van der Waals surface area contributed by atoms with E-state index in [-0.39, 0.29) is 23.4 Å². The van der Waals surface area contributed by atoms with Gasteiger partial charge in [0.1, 0.15) is 5.82 Å². The highest BCUT2D eigenvalue weighted by molar-refractivity contribution is 5.84. The Bertz CT molecular complexity index is 1100. The topological polar surface area (TPSA) is 55.2 Å². The summed E-state index contributed by atoms with van der Waals surface area (Å²) in [5, 5.41) is 0.620. The standard InChI is InChI=1S/C27H35N3O2/c1-6-17-29-25(28-24-16-12-11-15-23(24)27(29)32)20(5)30(18-19(3)4)26(31)22(7-2)21-13-9-8-10-14-21/h8-16,19-20,22H,6-7,17-18H2,1-5H3. The lowest BCUT2D eigenvalue weighted by Gasteiger charge is -2.34. The van der Waals surface area contributed by atoms with Crippen molar-refractivity contribution in [1.29, 1.82) is 0 Å². The van der Waals surface area contributed by atoms with E-state index in [1.165, 1.54) is 0 Å². The number of amides is 1. The molecule has 2 unspecified atom stereocenters. The van der Waals surface area contributed by atoms with Crippen molar-refractivity contribution in [2.75, 3.05) is 6.54 Å². The van der Waals surface area contributed by atoms with Crippen molar-refractivity contribution in [1.82, 2.24) is 14.5 Å². The lowest BCUT2D eigenvalue weighted by Crippen LogP contribution is -2.42. The van der Waals surface area contributed by atoms with Crippen molar-refractivity contribution in [3.05, 3.63) is 76.3 Å². The Morgan fingerprint density at radius 3 is 2.28 bits per heavy atom. The lowest BCUT2D eigenvalue weighted by atomic mass is 9.94. The largest absolute Gasteiger partial charge is 0.332 e.